The van der Waals surface area contributed by atoms with Gasteiger partial charge in [-0.1, -0.05) is 66.7 Å². The molecule has 1 N–H and O–H groups in total. The minimum Gasteiger partial charge on any atom is -0.497 e. The lowest BCUT2D eigenvalue weighted by Gasteiger charge is -2.33. The first-order valence-corrected chi connectivity index (χ1v) is 12.7. The summed E-state index contributed by atoms with van der Waals surface area (Å²) in [5, 5.41) is 13.8. The highest BCUT2D eigenvalue weighted by molar-refractivity contribution is 6.07. The summed E-state index contributed by atoms with van der Waals surface area (Å²) >= 11 is 0. The largest absolute Gasteiger partial charge is 0.497 e. The number of ether oxygens (including phenoxy) is 1. The molecule has 0 unspecified atom stereocenters. The molecule has 0 atom stereocenters. The standard InChI is InChI=1S/C30H32N4O2/c1-36-25-13-11-22(12-14-25)15-18-31-30(35)28-26-9-5-6-10-27(26)29(33-32-28)34-19-16-24(17-20-34)21-23-7-3-2-4-8-23/h2-14,24H,15-21H2,1H3,(H,31,35). The number of nitrogens with one attached hydrogen (secondary N) is 1. The number of anilines is 1. The molecule has 5 rings (SSSR count). The molecule has 36 heavy (non-hydrogen) atoms. The molecule has 1 amide bonds. The number of amides is 1. The Morgan fingerprint density at radius 1 is 0.889 bits per heavy atom. The van der Waals surface area contributed by atoms with Crippen LogP contribution in [0.4, 0.5) is 5.82 Å². The highest BCUT2D eigenvalue weighted by Gasteiger charge is 2.24. The lowest BCUT2D eigenvalue weighted by molar-refractivity contribution is 0.0950. The third-order valence-electron chi connectivity index (χ3n) is 7.02. The van der Waals surface area contributed by atoms with Crippen LogP contribution in [0.25, 0.3) is 10.8 Å². The van der Waals surface area contributed by atoms with Crippen LogP contribution in [0.1, 0.15) is 34.5 Å². The van der Waals surface area contributed by atoms with Crippen LogP contribution in [-0.2, 0) is 12.8 Å². The molecule has 0 saturated carbocycles. The van der Waals surface area contributed by atoms with Crippen LogP contribution >= 0.6 is 0 Å². The summed E-state index contributed by atoms with van der Waals surface area (Å²) in [6.45, 7) is 2.42. The molecule has 0 spiro atoms. The van der Waals surface area contributed by atoms with E-state index in [1.807, 2.05) is 48.5 Å². The van der Waals surface area contributed by atoms with E-state index in [2.05, 4.69) is 50.7 Å². The van der Waals surface area contributed by atoms with E-state index in [-0.39, 0.29) is 5.91 Å². The van der Waals surface area contributed by atoms with Gasteiger partial charge in [-0.05, 0) is 54.9 Å². The van der Waals surface area contributed by atoms with E-state index in [9.17, 15) is 4.79 Å². The predicted octanol–water partition coefficient (Wildman–Crippen LogP) is 5.07. The smallest absolute Gasteiger partial charge is 0.272 e. The molecule has 1 aromatic heterocycles. The fourth-order valence-corrected chi connectivity index (χ4v) is 4.98. The van der Waals surface area contributed by atoms with E-state index < -0.39 is 0 Å². The number of hydrogen-bond acceptors (Lipinski definition) is 5. The molecule has 0 aliphatic carbocycles. The van der Waals surface area contributed by atoms with Crippen molar-refractivity contribution in [2.75, 3.05) is 31.6 Å². The Morgan fingerprint density at radius 2 is 1.58 bits per heavy atom. The Hall–Kier alpha value is -3.93. The van der Waals surface area contributed by atoms with Crippen molar-refractivity contribution in [3.8, 4) is 5.75 Å². The molecule has 1 aliphatic rings. The summed E-state index contributed by atoms with van der Waals surface area (Å²) in [5.41, 5.74) is 2.92. The van der Waals surface area contributed by atoms with E-state index in [1.165, 1.54) is 5.56 Å². The van der Waals surface area contributed by atoms with Gasteiger partial charge in [-0.15, -0.1) is 10.2 Å². The fourth-order valence-electron chi connectivity index (χ4n) is 4.98. The number of nitrogens with zero attached hydrogens (tertiary/aromatic N) is 3. The second-order valence-corrected chi connectivity index (χ2v) is 9.39. The number of benzene rings is 3. The molecule has 4 aromatic rings. The molecule has 1 saturated heterocycles. The van der Waals surface area contributed by atoms with Gasteiger partial charge < -0.3 is 15.0 Å². The number of hydrogen-bond donors (Lipinski definition) is 1. The van der Waals surface area contributed by atoms with Gasteiger partial charge in [0.05, 0.1) is 7.11 Å². The monoisotopic (exact) mass is 480 g/mol. The highest BCUT2D eigenvalue weighted by Crippen LogP contribution is 2.30. The van der Waals surface area contributed by atoms with Crippen molar-refractivity contribution < 1.29 is 9.53 Å². The molecule has 0 radical (unpaired) electrons. The summed E-state index contributed by atoms with van der Waals surface area (Å²) in [4.78, 5) is 15.3. The van der Waals surface area contributed by atoms with Gasteiger partial charge in [0, 0.05) is 30.4 Å². The van der Waals surface area contributed by atoms with Crippen LogP contribution < -0.4 is 15.0 Å². The number of aromatic nitrogens is 2. The SMILES string of the molecule is COc1ccc(CCNC(=O)c2nnc(N3CCC(Cc4ccccc4)CC3)c3ccccc23)cc1. The molecule has 3 aromatic carbocycles. The number of carbonyl (C=O) groups excluding carboxylic acids is 1. The lowest BCUT2D eigenvalue weighted by Crippen LogP contribution is -2.35. The van der Waals surface area contributed by atoms with Gasteiger partial charge in [-0.25, -0.2) is 0 Å². The van der Waals surface area contributed by atoms with E-state index in [0.29, 0.717) is 18.2 Å². The van der Waals surface area contributed by atoms with Crippen molar-refractivity contribution >= 4 is 22.5 Å². The van der Waals surface area contributed by atoms with Crippen molar-refractivity contribution in [3.63, 3.8) is 0 Å². The number of methoxy groups -OCH3 is 1. The van der Waals surface area contributed by atoms with Crippen LogP contribution in [0.15, 0.2) is 78.9 Å². The van der Waals surface area contributed by atoms with Crippen molar-refractivity contribution in [3.05, 3.63) is 95.7 Å². The minimum absolute atomic E-state index is 0.194. The average molecular weight is 481 g/mol. The molecule has 2 heterocycles. The van der Waals surface area contributed by atoms with Crippen LogP contribution in [0, 0.1) is 5.92 Å². The third kappa shape index (κ3) is 5.48. The van der Waals surface area contributed by atoms with Crippen molar-refractivity contribution in [1.82, 2.24) is 15.5 Å². The van der Waals surface area contributed by atoms with Gasteiger partial charge >= 0.3 is 0 Å². The molecule has 1 aliphatic heterocycles. The first-order chi connectivity index (χ1) is 17.7. The van der Waals surface area contributed by atoms with Crippen molar-refractivity contribution in [2.45, 2.75) is 25.7 Å². The summed E-state index contributed by atoms with van der Waals surface area (Å²) in [6.07, 6.45) is 4.10. The zero-order valence-electron chi connectivity index (χ0n) is 20.7. The molecular formula is C30H32N4O2. The third-order valence-corrected chi connectivity index (χ3v) is 7.02. The summed E-state index contributed by atoms with van der Waals surface area (Å²) in [6, 6.07) is 26.6. The summed E-state index contributed by atoms with van der Waals surface area (Å²) in [5.74, 6) is 2.18. The number of carbonyl (C=O) groups is 1. The van der Waals surface area contributed by atoms with Crippen LogP contribution in [0.2, 0.25) is 0 Å². The molecular weight excluding hydrogens is 448 g/mol. The maximum atomic E-state index is 13.0. The molecule has 6 heteroatoms. The van der Waals surface area contributed by atoms with Gasteiger partial charge in [0.1, 0.15) is 5.75 Å². The maximum Gasteiger partial charge on any atom is 0.272 e. The second kappa shape index (κ2) is 11.2. The highest BCUT2D eigenvalue weighted by atomic mass is 16.5. The Labute approximate surface area is 212 Å². The van der Waals surface area contributed by atoms with E-state index in [1.54, 1.807) is 7.11 Å². The molecule has 0 bridgehead atoms. The first kappa shape index (κ1) is 23.8. The quantitative estimate of drug-likeness (QED) is 0.381. The zero-order chi connectivity index (χ0) is 24.7. The minimum atomic E-state index is -0.194. The Balaban J connectivity index is 1.24. The Morgan fingerprint density at radius 3 is 2.31 bits per heavy atom. The number of fused-ring (bicyclic) bond motifs is 1. The van der Waals surface area contributed by atoms with Gasteiger partial charge in [0.2, 0.25) is 0 Å². The van der Waals surface area contributed by atoms with Crippen LogP contribution in [0.5, 0.6) is 5.75 Å². The fraction of sp³-hybridized carbons (Fsp3) is 0.300. The number of rotatable bonds is 8. The molecule has 1 fully saturated rings. The van der Waals surface area contributed by atoms with Gasteiger partial charge in [0.15, 0.2) is 11.5 Å². The van der Waals surface area contributed by atoms with Crippen molar-refractivity contribution in [2.24, 2.45) is 5.92 Å². The summed E-state index contributed by atoms with van der Waals surface area (Å²) < 4.78 is 5.20. The Kier molecular flexibility index (Phi) is 7.41. The normalized spacial score (nSPS) is 14.1. The Bertz CT molecular complexity index is 1300. The van der Waals surface area contributed by atoms with Crippen LogP contribution in [0.3, 0.4) is 0 Å². The maximum absolute atomic E-state index is 13.0. The number of piperidine rings is 1. The second-order valence-electron chi connectivity index (χ2n) is 9.39. The van der Waals surface area contributed by atoms with Gasteiger partial charge in [0.25, 0.3) is 5.91 Å². The van der Waals surface area contributed by atoms with Gasteiger partial charge in [-0.2, -0.15) is 0 Å². The predicted molar refractivity (Wildman–Crippen MR) is 144 cm³/mol. The van der Waals surface area contributed by atoms with E-state index in [4.69, 9.17) is 4.74 Å². The van der Waals surface area contributed by atoms with E-state index in [0.717, 1.165) is 66.7 Å². The first-order valence-electron chi connectivity index (χ1n) is 12.7. The average Bonchev–Trinajstić information content (AvgIpc) is 2.94. The summed E-state index contributed by atoms with van der Waals surface area (Å²) in [7, 11) is 1.65. The lowest BCUT2D eigenvalue weighted by atomic mass is 9.90. The molecule has 6 nitrogen and oxygen atoms in total. The zero-order valence-corrected chi connectivity index (χ0v) is 20.7. The van der Waals surface area contributed by atoms with Crippen molar-refractivity contribution in [1.29, 1.82) is 0 Å². The van der Waals surface area contributed by atoms with E-state index >= 15 is 0 Å². The topological polar surface area (TPSA) is 67.3 Å². The van der Waals surface area contributed by atoms with Gasteiger partial charge in [-0.3, -0.25) is 4.79 Å². The van der Waals surface area contributed by atoms with Crippen LogP contribution in [-0.4, -0.2) is 42.8 Å². The molecule has 184 valence electrons.